The molecule has 0 radical (unpaired) electrons. The summed E-state index contributed by atoms with van der Waals surface area (Å²) in [6, 6.07) is 3.99. The van der Waals surface area contributed by atoms with Crippen molar-refractivity contribution < 1.29 is 14.3 Å². The molecule has 0 aromatic carbocycles. The van der Waals surface area contributed by atoms with Gasteiger partial charge in [-0.25, -0.2) is 0 Å². The highest BCUT2D eigenvalue weighted by molar-refractivity contribution is 5.81. The van der Waals surface area contributed by atoms with Gasteiger partial charge in [0.1, 0.15) is 0 Å². The minimum absolute atomic E-state index is 0.00222. The van der Waals surface area contributed by atoms with Crippen LogP contribution in [0.25, 0.3) is 0 Å². The standard InChI is InChI=1S/C18H26N4O3/c1-14-2-3-16(20-19-14)22-12-15(17(23)21-6-10-25-11-7-21)18(13-22)4-8-24-9-5-18/h2-3,15H,4-13H2,1H3. The molecule has 3 fully saturated rings. The van der Waals surface area contributed by atoms with E-state index in [1.54, 1.807) is 0 Å². The fourth-order valence-corrected chi connectivity index (χ4v) is 4.33. The van der Waals surface area contributed by atoms with Crippen molar-refractivity contribution in [3.63, 3.8) is 0 Å². The molecule has 1 aromatic heterocycles. The Morgan fingerprint density at radius 3 is 2.52 bits per heavy atom. The maximum Gasteiger partial charge on any atom is 0.228 e. The van der Waals surface area contributed by atoms with Crippen LogP contribution in [0.2, 0.25) is 0 Å². The van der Waals surface area contributed by atoms with E-state index in [-0.39, 0.29) is 17.2 Å². The Morgan fingerprint density at radius 1 is 1.12 bits per heavy atom. The number of carbonyl (C=O) groups excluding carboxylic acids is 1. The Kier molecular flexibility index (Phi) is 4.60. The van der Waals surface area contributed by atoms with Gasteiger partial charge in [-0.05, 0) is 31.9 Å². The van der Waals surface area contributed by atoms with Crippen LogP contribution in [0.15, 0.2) is 12.1 Å². The first-order valence-electron chi connectivity index (χ1n) is 9.18. The van der Waals surface area contributed by atoms with Crippen molar-refractivity contribution in [1.29, 1.82) is 0 Å². The first kappa shape index (κ1) is 16.7. The number of anilines is 1. The Bertz CT molecular complexity index is 609. The van der Waals surface area contributed by atoms with Gasteiger partial charge in [0.25, 0.3) is 0 Å². The molecule has 7 nitrogen and oxygen atoms in total. The number of hydrogen-bond donors (Lipinski definition) is 0. The molecule has 1 aromatic rings. The van der Waals surface area contributed by atoms with Gasteiger partial charge in [0.05, 0.1) is 24.8 Å². The lowest BCUT2D eigenvalue weighted by Gasteiger charge is -2.39. The van der Waals surface area contributed by atoms with Crippen LogP contribution in [-0.2, 0) is 14.3 Å². The van der Waals surface area contributed by atoms with Gasteiger partial charge in [0.2, 0.25) is 5.91 Å². The molecule has 1 atom stereocenters. The minimum Gasteiger partial charge on any atom is -0.381 e. The Labute approximate surface area is 148 Å². The van der Waals surface area contributed by atoms with E-state index in [1.165, 1.54) is 0 Å². The second-order valence-corrected chi connectivity index (χ2v) is 7.38. The molecule has 0 aliphatic carbocycles. The van der Waals surface area contributed by atoms with E-state index >= 15 is 0 Å². The summed E-state index contributed by atoms with van der Waals surface area (Å²) in [6.45, 7) is 7.66. The lowest BCUT2D eigenvalue weighted by molar-refractivity contribution is -0.144. The first-order valence-corrected chi connectivity index (χ1v) is 9.18. The SMILES string of the molecule is Cc1ccc(N2CC(C(=O)N3CCOCC3)C3(CCOCC3)C2)nn1. The summed E-state index contributed by atoms with van der Waals surface area (Å²) in [5.41, 5.74) is 0.893. The Balaban J connectivity index is 1.58. The molecule has 4 heterocycles. The molecule has 25 heavy (non-hydrogen) atoms. The highest BCUT2D eigenvalue weighted by Crippen LogP contribution is 2.46. The maximum absolute atomic E-state index is 13.3. The van der Waals surface area contributed by atoms with Gasteiger partial charge in [0, 0.05) is 44.8 Å². The van der Waals surface area contributed by atoms with Crippen molar-refractivity contribution in [2.75, 3.05) is 57.5 Å². The summed E-state index contributed by atoms with van der Waals surface area (Å²) in [4.78, 5) is 17.5. The summed E-state index contributed by atoms with van der Waals surface area (Å²) in [5, 5.41) is 8.53. The van der Waals surface area contributed by atoms with Crippen LogP contribution in [0, 0.1) is 18.3 Å². The second kappa shape index (κ2) is 6.88. The number of carbonyl (C=O) groups is 1. The van der Waals surface area contributed by atoms with E-state index in [4.69, 9.17) is 9.47 Å². The van der Waals surface area contributed by atoms with Gasteiger partial charge in [-0.15, -0.1) is 5.10 Å². The zero-order valence-corrected chi connectivity index (χ0v) is 14.8. The average Bonchev–Trinajstić information content (AvgIpc) is 3.01. The summed E-state index contributed by atoms with van der Waals surface area (Å²) < 4.78 is 11.0. The number of ether oxygens (including phenoxy) is 2. The highest BCUT2D eigenvalue weighted by Gasteiger charge is 2.52. The number of aryl methyl sites for hydroxylation is 1. The molecule has 136 valence electrons. The maximum atomic E-state index is 13.3. The van der Waals surface area contributed by atoms with Gasteiger partial charge in [-0.1, -0.05) is 0 Å². The van der Waals surface area contributed by atoms with Crippen molar-refractivity contribution in [2.24, 2.45) is 11.3 Å². The number of amides is 1. The van der Waals surface area contributed by atoms with Crippen molar-refractivity contribution in [3.05, 3.63) is 17.8 Å². The van der Waals surface area contributed by atoms with Crippen LogP contribution in [-0.4, -0.2) is 73.6 Å². The fraction of sp³-hybridized carbons (Fsp3) is 0.722. The molecular weight excluding hydrogens is 320 g/mol. The van der Waals surface area contributed by atoms with Gasteiger partial charge in [0.15, 0.2) is 5.82 Å². The molecule has 0 bridgehead atoms. The molecule has 1 spiro atoms. The smallest absolute Gasteiger partial charge is 0.228 e. The van der Waals surface area contributed by atoms with Crippen LogP contribution >= 0.6 is 0 Å². The average molecular weight is 346 g/mol. The van der Waals surface area contributed by atoms with Crippen LogP contribution in [0.4, 0.5) is 5.82 Å². The van der Waals surface area contributed by atoms with E-state index in [9.17, 15) is 4.79 Å². The van der Waals surface area contributed by atoms with E-state index in [0.29, 0.717) is 32.8 Å². The van der Waals surface area contributed by atoms with Crippen molar-refractivity contribution >= 4 is 11.7 Å². The third kappa shape index (κ3) is 3.22. The topological polar surface area (TPSA) is 67.8 Å². The molecule has 7 heteroatoms. The van der Waals surface area contributed by atoms with Crippen molar-refractivity contribution in [2.45, 2.75) is 19.8 Å². The molecule has 0 saturated carbocycles. The largest absolute Gasteiger partial charge is 0.381 e. The lowest BCUT2D eigenvalue weighted by atomic mass is 9.71. The van der Waals surface area contributed by atoms with Gasteiger partial charge >= 0.3 is 0 Å². The zero-order valence-electron chi connectivity index (χ0n) is 14.8. The van der Waals surface area contributed by atoms with Crippen LogP contribution < -0.4 is 4.90 Å². The minimum atomic E-state index is -0.0137. The number of rotatable bonds is 2. The van der Waals surface area contributed by atoms with Gasteiger partial charge < -0.3 is 19.3 Å². The highest BCUT2D eigenvalue weighted by atomic mass is 16.5. The third-order valence-electron chi connectivity index (χ3n) is 5.87. The molecular formula is C18H26N4O3. The molecule has 1 amide bonds. The van der Waals surface area contributed by atoms with Crippen LogP contribution in [0.5, 0.6) is 0 Å². The Hall–Kier alpha value is -1.73. The van der Waals surface area contributed by atoms with Gasteiger partial charge in [-0.2, -0.15) is 5.10 Å². The summed E-state index contributed by atoms with van der Waals surface area (Å²) >= 11 is 0. The van der Waals surface area contributed by atoms with Crippen LogP contribution in [0.3, 0.4) is 0 Å². The second-order valence-electron chi connectivity index (χ2n) is 7.38. The van der Waals surface area contributed by atoms with E-state index in [2.05, 4.69) is 15.1 Å². The predicted octanol–water partition coefficient (Wildman–Crippen LogP) is 0.877. The zero-order chi connectivity index (χ0) is 17.3. The molecule has 3 saturated heterocycles. The number of hydrogen-bond acceptors (Lipinski definition) is 6. The van der Waals surface area contributed by atoms with Gasteiger partial charge in [-0.3, -0.25) is 4.79 Å². The summed E-state index contributed by atoms with van der Waals surface area (Å²) in [7, 11) is 0. The number of aromatic nitrogens is 2. The monoisotopic (exact) mass is 346 g/mol. The molecule has 4 rings (SSSR count). The number of nitrogens with zero attached hydrogens (tertiary/aromatic N) is 4. The van der Waals surface area contributed by atoms with E-state index in [1.807, 2.05) is 24.0 Å². The molecule has 3 aliphatic rings. The molecule has 0 N–H and O–H groups in total. The molecule has 3 aliphatic heterocycles. The Morgan fingerprint density at radius 2 is 1.84 bits per heavy atom. The van der Waals surface area contributed by atoms with Crippen LogP contribution in [0.1, 0.15) is 18.5 Å². The normalized spacial score (nSPS) is 26.2. The predicted molar refractivity (Wildman–Crippen MR) is 92.4 cm³/mol. The third-order valence-corrected chi connectivity index (χ3v) is 5.87. The quantitative estimate of drug-likeness (QED) is 0.792. The van der Waals surface area contributed by atoms with E-state index in [0.717, 1.165) is 44.1 Å². The number of morpholine rings is 1. The summed E-state index contributed by atoms with van der Waals surface area (Å²) in [5.74, 6) is 1.14. The first-order chi connectivity index (χ1) is 12.2. The fourth-order valence-electron chi connectivity index (χ4n) is 4.33. The molecule has 1 unspecified atom stereocenters. The summed E-state index contributed by atoms with van der Waals surface area (Å²) in [6.07, 6.45) is 1.87. The van der Waals surface area contributed by atoms with Crippen molar-refractivity contribution in [3.8, 4) is 0 Å². The van der Waals surface area contributed by atoms with Crippen molar-refractivity contribution in [1.82, 2.24) is 15.1 Å². The lowest BCUT2D eigenvalue weighted by Crippen LogP contribution is -2.49. The van der Waals surface area contributed by atoms with E-state index < -0.39 is 0 Å².